The number of hydrogen-bond acceptors (Lipinski definition) is 4. The van der Waals surface area contributed by atoms with Crippen LogP contribution in [0.15, 0.2) is 54.6 Å². The van der Waals surface area contributed by atoms with Crippen LogP contribution in [-0.2, 0) is 9.59 Å². The Bertz CT molecular complexity index is 850. The summed E-state index contributed by atoms with van der Waals surface area (Å²) >= 11 is 0. The van der Waals surface area contributed by atoms with Gasteiger partial charge in [0.05, 0.1) is 13.1 Å². The molecular formula is C21H23FN4O3. The second-order valence-corrected chi connectivity index (χ2v) is 6.76. The summed E-state index contributed by atoms with van der Waals surface area (Å²) in [5.74, 6) is -1.13. The van der Waals surface area contributed by atoms with Gasteiger partial charge in [0, 0.05) is 37.4 Å². The summed E-state index contributed by atoms with van der Waals surface area (Å²) in [5.41, 5.74) is 1.05. The minimum absolute atomic E-state index is 0.0949. The predicted octanol–water partition coefficient (Wildman–Crippen LogP) is 1.34. The normalized spacial score (nSPS) is 14.3. The lowest BCUT2D eigenvalue weighted by Crippen LogP contribution is -2.52. The summed E-state index contributed by atoms with van der Waals surface area (Å²) in [7, 11) is 0. The molecule has 8 heteroatoms. The Labute approximate surface area is 168 Å². The van der Waals surface area contributed by atoms with Gasteiger partial charge in [0.15, 0.2) is 0 Å². The lowest BCUT2D eigenvalue weighted by Gasteiger charge is -2.34. The van der Waals surface area contributed by atoms with E-state index in [4.69, 9.17) is 0 Å². The van der Waals surface area contributed by atoms with Gasteiger partial charge in [-0.3, -0.25) is 19.3 Å². The Hall–Kier alpha value is -3.26. The van der Waals surface area contributed by atoms with Crippen LogP contribution in [0, 0.1) is 5.82 Å². The van der Waals surface area contributed by atoms with Crippen LogP contribution in [0.5, 0.6) is 0 Å². The first-order valence-electron chi connectivity index (χ1n) is 9.40. The molecule has 0 saturated carbocycles. The molecule has 0 aromatic heterocycles. The van der Waals surface area contributed by atoms with Crippen LogP contribution in [0.1, 0.15) is 10.4 Å². The fraction of sp³-hybridized carbons (Fsp3) is 0.286. The summed E-state index contributed by atoms with van der Waals surface area (Å²) in [6, 6.07) is 14.4. The van der Waals surface area contributed by atoms with Crippen LogP contribution in [0.2, 0.25) is 0 Å². The second kappa shape index (κ2) is 9.79. The van der Waals surface area contributed by atoms with Crippen molar-refractivity contribution >= 4 is 23.4 Å². The van der Waals surface area contributed by atoms with Crippen LogP contribution in [-0.4, -0.2) is 66.8 Å². The van der Waals surface area contributed by atoms with Gasteiger partial charge in [-0.15, -0.1) is 0 Å². The van der Waals surface area contributed by atoms with Crippen molar-refractivity contribution in [3.8, 4) is 0 Å². The highest BCUT2D eigenvalue weighted by molar-refractivity contribution is 5.96. The van der Waals surface area contributed by atoms with Gasteiger partial charge < -0.3 is 15.5 Å². The number of para-hydroxylation sites is 1. The number of rotatable bonds is 6. The first kappa shape index (κ1) is 20.5. The molecule has 3 rings (SSSR count). The Morgan fingerprint density at radius 2 is 1.55 bits per heavy atom. The first-order chi connectivity index (χ1) is 14.0. The summed E-state index contributed by atoms with van der Waals surface area (Å²) in [4.78, 5) is 40.1. The molecule has 0 radical (unpaired) electrons. The van der Waals surface area contributed by atoms with E-state index in [9.17, 15) is 18.8 Å². The fourth-order valence-corrected chi connectivity index (χ4v) is 3.05. The van der Waals surface area contributed by atoms with Crippen LogP contribution in [0.25, 0.3) is 0 Å². The Morgan fingerprint density at radius 1 is 0.897 bits per heavy atom. The molecule has 7 nitrogen and oxygen atoms in total. The number of nitrogens with zero attached hydrogens (tertiary/aromatic N) is 2. The molecule has 1 fully saturated rings. The fourth-order valence-electron chi connectivity index (χ4n) is 3.05. The molecule has 2 aromatic carbocycles. The van der Waals surface area contributed by atoms with E-state index in [1.54, 1.807) is 4.90 Å². The zero-order valence-corrected chi connectivity index (χ0v) is 15.9. The zero-order chi connectivity index (χ0) is 20.6. The second-order valence-electron chi connectivity index (χ2n) is 6.76. The van der Waals surface area contributed by atoms with Gasteiger partial charge in [-0.1, -0.05) is 18.2 Å². The molecule has 0 unspecified atom stereocenters. The van der Waals surface area contributed by atoms with Crippen LogP contribution >= 0.6 is 0 Å². The minimum Gasteiger partial charge on any atom is -0.343 e. The molecule has 0 atom stereocenters. The number of piperazine rings is 1. The van der Waals surface area contributed by atoms with Gasteiger partial charge in [0.1, 0.15) is 5.82 Å². The number of halogens is 1. The van der Waals surface area contributed by atoms with Gasteiger partial charge in [-0.05, 0) is 36.4 Å². The number of carbonyl (C=O) groups excluding carboxylic acids is 3. The monoisotopic (exact) mass is 398 g/mol. The predicted molar refractivity (Wildman–Crippen MR) is 107 cm³/mol. The summed E-state index contributed by atoms with van der Waals surface area (Å²) in [6.07, 6.45) is 0. The lowest BCUT2D eigenvalue weighted by molar-refractivity contribution is -0.132. The number of hydrogen-bond donors (Lipinski definition) is 2. The van der Waals surface area contributed by atoms with E-state index in [0.29, 0.717) is 31.7 Å². The molecule has 0 bridgehead atoms. The molecule has 29 heavy (non-hydrogen) atoms. The molecule has 0 aliphatic carbocycles. The minimum atomic E-state index is -0.423. The third-order valence-electron chi connectivity index (χ3n) is 4.66. The zero-order valence-electron chi connectivity index (χ0n) is 15.9. The Balaban J connectivity index is 1.38. The maximum absolute atomic E-state index is 12.9. The number of benzene rings is 2. The van der Waals surface area contributed by atoms with Crippen molar-refractivity contribution in [3.63, 3.8) is 0 Å². The van der Waals surface area contributed by atoms with Crippen LogP contribution in [0.3, 0.4) is 0 Å². The summed E-state index contributed by atoms with van der Waals surface area (Å²) in [5, 5.41) is 5.40. The maximum atomic E-state index is 12.9. The first-order valence-corrected chi connectivity index (χ1v) is 9.40. The van der Waals surface area contributed by atoms with E-state index in [-0.39, 0.29) is 24.9 Å². The largest absolute Gasteiger partial charge is 0.343 e. The smallest absolute Gasteiger partial charge is 0.251 e. The molecule has 1 aliphatic rings. The van der Waals surface area contributed by atoms with E-state index in [1.807, 2.05) is 35.2 Å². The third-order valence-corrected chi connectivity index (χ3v) is 4.66. The third kappa shape index (κ3) is 6.11. The van der Waals surface area contributed by atoms with Crippen LogP contribution < -0.4 is 10.6 Å². The molecule has 2 N–H and O–H groups in total. The molecule has 1 heterocycles. The van der Waals surface area contributed by atoms with Crippen molar-refractivity contribution in [2.24, 2.45) is 0 Å². The van der Waals surface area contributed by atoms with Crippen molar-refractivity contribution in [2.45, 2.75) is 0 Å². The van der Waals surface area contributed by atoms with E-state index in [1.165, 1.54) is 24.3 Å². The molecule has 1 aliphatic heterocycles. The molecule has 1 saturated heterocycles. The van der Waals surface area contributed by atoms with E-state index in [0.717, 1.165) is 5.69 Å². The highest BCUT2D eigenvalue weighted by atomic mass is 19.1. The van der Waals surface area contributed by atoms with Crippen molar-refractivity contribution < 1.29 is 18.8 Å². The average Bonchev–Trinajstić information content (AvgIpc) is 2.73. The van der Waals surface area contributed by atoms with E-state index in [2.05, 4.69) is 10.6 Å². The van der Waals surface area contributed by atoms with Gasteiger partial charge in [0.2, 0.25) is 11.8 Å². The van der Waals surface area contributed by atoms with Gasteiger partial charge in [-0.25, -0.2) is 4.39 Å². The highest BCUT2D eigenvalue weighted by Crippen LogP contribution is 2.07. The molecule has 3 amide bonds. The molecule has 152 valence electrons. The molecule has 2 aromatic rings. The topological polar surface area (TPSA) is 81.8 Å². The molecule has 0 spiro atoms. The van der Waals surface area contributed by atoms with Gasteiger partial charge in [-0.2, -0.15) is 0 Å². The summed E-state index contributed by atoms with van der Waals surface area (Å²) in [6.45, 7) is 2.29. The van der Waals surface area contributed by atoms with Gasteiger partial charge in [0.25, 0.3) is 5.91 Å². The average molecular weight is 398 g/mol. The Morgan fingerprint density at radius 3 is 2.21 bits per heavy atom. The number of anilines is 1. The van der Waals surface area contributed by atoms with Gasteiger partial charge >= 0.3 is 0 Å². The Kier molecular flexibility index (Phi) is 6.91. The van der Waals surface area contributed by atoms with E-state index >= 15 is 0 Å². The van der Waals surface area contributed by atoms with Crippen molar-refractivity contribution in [1.82, 2.24) is 15.1 Å². The van der Waals surface area contributed by atoms with Crippen molar-refractivity contribution in [1.29, 1.82) is 0 Å². The lowest BCUT2D eigenvalue weighted by atomic mass is 10.2. The maximum Gasteiger partial charge on any atom is 0.251 e. The number of amides is 3. The van der Waals surface area contributed by atoms with Crippen LogP contribution in [0.4, 0.5) is 10.1 Å². The highest BCUT2D eigenvalue weighted by Gasteiger charge is 2.22. The van der Waals surface area contributed by atoms with Crippen molar-refractivity contribution in [3.05, 3.63) is 66.0 Å². The van der Waals surface area contributed by atoms with E-state index < -0.39 is 11.7 Å². The standard InChI is InChI=1S/C21H23FN4O3/c22-17-8-6-16(7-9-17)21(29)23-14-20(28)26-12-10-25(11-13-26)15-19(27)24-18-4-2-1-3-5-18/h1-9H,10-15H2,(H,23,29)(H,24,27). The van der Waals surface area contributed by atoms with Crippen molar-refractivity contribution in [2.75, 3.05) is 44.6 Å². The number of carbonyl (C=O) groups is 3. The molecular weight excluding hydrogens is 375 g/mol. The summed E-state index contributed by atoms with van der Waals surface area (Å²) < 4.78 is 12.9. The number of nitrogens with one attached hydrogen (secondary N) is 2. The quantitative estimate of drug-likeness (QED) is 0.770. The SMILES string of the molecule is O=C(CN1CCN(C(=O)CNC(=O)c2ccc(F)cc2)CC1)Nc1ccccc1.